The van der Waals surface area contributed by atoms with E-state index < -0.39 is 0 Å². The average Bonchev–Trinajstić information content (AvgIpc) is 2.81. The Morgan fingerprint density at radius 3 is 3.00 bits per heavy atom. The third-order valence-corrected chi connectivity index (χ3v) is 3.08. The van der Waals surface area contributed by atoms with Gasteiger partial charge in [0.15, 0.2) is 11.3 Å². The largest absolute Gasteiger partial charge is 0.493 e. The molecule has 0 saturated heterocycles. The van der Waals surface area contributed by atoms with E-state index in [1.54, 1.807) is 7.11 Å². The smallest absolute Gasteiger partial charge is 0.176 e. The maximum Gasteiger partial charge on any atom is 0.176 e. The van der Waals surface area contributed by atoms with Crippen LogP contribution in [0.5, 0.6) is 5.75 Å². The topological polar surface area (TPSA) is 54.6 Å². The predicted molar refractivity (Wildman–Crippen MR) is 75.4 cm³/mol. The molecule has 2 aromatic rings. The molecule has 1 atom stereocenters. The van der Waals surface area contributed by atoms with Gasteiger partial charge in [0.1, 0.15) is 5.76 Å². The Balaban J connectivity index is 1.98. The summed E-state index contributed by atoms with van der Waals surface area (Å²) in [5.74, 6) is 1.60. The Labute approximate surface area is 113 Å². The summed E-state index contributed by atoms with van der Waals surface area (Å²) in [7, 11) is 1.64. The van der Waals surface area contributed by atoms with Gasteiger partial charge < -0.3 is 19.6 Å². The monoisotopic (exact) mass is 263 g/mol. The highest BCUT2D eigenvalue weighted by atomic mass is 16.5. The number of aliphatic hydroxyl groups excluding tert-OH is 1. The molecule has 1 heterocycles. The van der Waals surface area contributed by atoms with Gasteiger partial charge in [-0.3, -0.25) is 0 Å². The van der Waals surface area contributed by atoms with E-state index in [4.69, 9.17) is 9.15 Å². The molecule has 0 aliphatic carbocycles. The lowest BCUT2D eigenvalue weighted by Gasteiger charge is -2.09. The van der Waals surface area contributed by atoms with Crippen molar-refractivity contribution in [2.75, 3.05) is 13.7 Å². The van der Waals surface area contributed by atoms with Crippen molar-refractivity contribution in [3.8, 4) is 5.75 Å². The number of ether oxygens (including phenoxy) is 1. The van der Waals surface area contributed by atoms with Crippen LogP contribution in [0.1, 0.15) is 25.5 Å². The number of hydrogen-bond acceptors (Lipinski definition) is 4. The molecule has 2 rings (SSSR count). The van der Waals surface area contributed by atoms with Gasteiger partial charge in [-0.2, -0.15) is 0 Å². The molecule has 2 N–H and O–H groups in total. The van der Waals surface area contributed by atoms with Crippen molar-refractivity contribution in [3.05, 3.63) is 30.0 Å². The standard InChI is InChI=1S/C15H21NO3/c1-3-5-12(17)9-16-10-13-8-11-6-4-7-14(18-2)15(11)19-13/h4,6-8,12,16-17H,3,5,9-10H2,1-2H3. The van der Waals surface area contributed by atoms with Crippen LogP contribution in [0.4, 0.5) is 0 Å². The second-order valence-electron chi connectivity index (χ2n) is 4.66. The minimum atomic E-state index is -0.288. The van der Waals surface area contributed by atoms with Crippen LogP contribution in [-0.4, -0.2) is 24.9 Å². The molecule has 1 unspecified atom stereocenters. The van der Waals surface area contributed by atoms with Gasteiger partial charge in [0.2, 0.25) is 0 Å². The summed E-state index contributed by atoms with van der Waals surface area (Å²) in [5, 5.41) is 13.9. The zero-order chi connectivity index (χ0) is 13.7. The molecule has 0 fully saturated rings. The van der Waals surface area contributed by atoms with Gasteiger partial charge in [-0.05, 0) is 18.6 Å². The summed E-state index contributed by atoms with van der Waals surface area (Å²) in [6.07, 6.45) is 1.52. The zero-order valence-electron chi connectivity index (χ0n) is 11.5. The van der Waals surface area contributed by atoms with Gasteiger partial charge in [-0.15, -0.1) is 0 Å². The van der Waals surface area contributed by atoms with E-state index in [2.05, 4.69) is 12.2 Å². The lowest BCUT2D eigenvalue weighted by atomic mass is 10.2. The summed E-state index contributed by atoms with van der Waals surface area (Å²) < 4.78 is 11.0. The first-order valence-electron chi connectivity index (χ1n) is 6.68. The van der Waals surface area contributed by atoms with E-state index in [0.717, 1.165) is 35.3 Å². The van der Waals surface area contributed by atoms with Crippen LogP contribution in [0, 0.1) is 0 Å². The van der Waals surface area contributed by atoms with E-state index in [1.165, 1.54) is 0 Å². The average molecular weight is 263 g/mol. The molecule has 19 heavy (non-hydrogen) atoms. The Kier molecular flexibility index (Phi) is 4.82. The van der Waals surface area contributed by atoms with Crippen LogP contribution in [-0.2, 0) is 6.54 Å². The summed E-state index contributed by atoms with van der Waals surface area (Å²) in [4.78, 5) is 0. The molecule has 4 heteroatoms. The van der Waals surface area contributed by atoms with E-state index in [1.807, 2.05) is 24.3 Å². The minimum absolute atomic E-state index is 0.288. The van der Waals surface area contributed by atoms with Crippen molar-refractivity contribution in [1.82, 2.24) is 5.32 Å². The van der Waals surface area contributed by atoms with Crippen molar-refractivity contribution in [2.24, 2.45) is 0 Å². The fraction of sp³-hybridized carbons (Fsp3) is 0.467. The molecular formula is C15H21NO3. The van der Waals surface area contributed by atoms with Gasteiger partial charge >= 0.3 is 0 Å². The molecule has 4 nitrogen and oxygen atoms in total. The Bertz CT molecular complexity index is 521. The quantitative estimate of drug-likeness (QED) is 0.806. The summed E-state index contributed by atoms with van der Waals surface area (Å²) in [5.41, 5.74) is 0.774. The number of rotatable bonds is 7. The molecule has 0 spiro atoms. The van der Waals surface area contributed by atoms with E-state index in [0.29, 0.717) is 13.1 Å². The van der Waals surface area contributed by atoms with E-state index in [9.17, 15) is 5.11 Å². The van der Waals surface area contributed by atoms with E-state index in [-0.39, 0.29) is 6.10 Å². The molecule has 0 saturated carbocycles. The first-order chi connectivity index (χ1) is 9.24. The number of fused-ring (bicyclic) bond motifs is 1. The summed E-state index contributed by atoms with van der Waals surface area (Å²) in [6, 6.07) is 7.82. The molecule has 1 aromatic heterocycles. The summed E-state index contributed by atoms with van der Waals surface area (Å²) in [6.45, 7) is 3.26. The van der Waals surface area contributed by atoms with Crippen LogP contribution < -0.4 is 10.1 Å². The normalized spacial score (nSPS) is 12.8. The number of para-hydroxylation sites is 1. The Hall–Kier alpha value is -1.52. The number of aliphatic hydroxyl groups is 1. The van der Waals surface area contributed by atoms with Crippen molar-refractivity contribution in [2.45, 2.75) is 32.4 Å². The fourth-order valence-corrected chi connectivity index (χ4v) is 2.13. The molecule has 0 amide bonds. The number of methoxy groups -OCH3 is 1. The van der Waals surface area contributed by atoms with Gasteiger partial charge in [0.05, 0.1) is 19.8 Å². The highest BCUT2D eigenvalue weighted by Crippen LogP contribution is 2.28. The van der Waals surface area contributed by atoms with Crippen molar-refractivity contribution in [1.29, 1.82) is 0 Å². The van der Waals surface area contributed by atoms with Crippen LogP contribution in [0.25, 0.3) is 11.0 Å². The third-order valence-electron chi connectivity index (χ3n) is 3.08. The van der Waals surface area contributed by atoms with Crippen LogP contribution in [0.3, 0.4) is 0 Å². The van der Waals surface area contributed by atoms with Gasteiger partial charge in [-0.25, -0.2) is 0 Å². The highest BCUT2D eigenvalue weighted by Gasteiger charge is 2.09. The van der Waals surface area contributed by atoms with Crippen LogP contribution in [0.2, 0.25) is 0 Å². The van der Waals surface area contributed by atoms with Gasteiger partial charge in [0, 0.05) is 11.9 Å². The van der Waals surface area contributed by atoms with E-state index >= 15 is 0 Å². The maximum atomic E-state index is 9.64. The predicted octanol–water partition coefficient (Wildman–Crippen LogP) is 2.69. The van der Waals surface area contributed by atoms with Crippen molar-refractivity contribution >= 4 is 11.0 Å². The second kappa shape index (κ2) is 6.59. The second-order valence-corrected chi connectivity index (χ2v) is 4.66. The van der Waals surface area contributed by atoms with Crippen LogP contribution in [0.15, 0.2) is 28.7 Å². The molecule has 0 aliphatic rings. The highest BCUT2D eigenvalue weighted by molar-refractivity contribution is 5.83. The van der Waals surface area contributed by atoms with Crippen LogP contribution >= 0.6 is 0 Å². The SMILES string of the molecule is CCCC(O)CNCc1cc2cccc(OC)c2o1. The molecular weight excluding hydrogens is 242 g/mol. The molecule has 104 valence electrons. The van der Waals surface area contributed by atoms with Crippen molar-refractivity contribution < 1.29 is 14.3 Å². The first-order valence-corrected chi connectivity index (χ1v) is 6.68. The van der Waals surface area contributed by atoms with Gasteiger partial charge in [0.25, 0.3) is 0 Å². The molecule has 1 aromatic carbocycles. The molecule has 0 aliphatic heterocycles. The lowest BCUT2D eigenvalue weighted by molar-refractivity contribution is 0.159. The summed E-state index contributed by atoms with van der Waals surface area (Å²) >= 11 is 0. The first kappa shape index (κ1) is 13.9. The maximum absolute atomic E-state index is 9.64. The number of nitrogens with one attached hydrogen (secondary N) is 1. The fourth-order valence-electron chi connectivity index (χ4n) is 2.13. The van der Waals surface area contributed by atoms with Crippen molar-refractivity contribution in [3.63, 3.8) is 0 Å². The molecule has 0 bridgehead atoms. The zero-order valence-corrected chi connectivity index (χ0v) is 11.5. The molecule has 0 radical (unpaired) electrons. The lowest BCUT2D eigenvalue weighted by Crippen LogP contribution is -2.25. The minimum Gasteiger partial charge on any atom is -0.493 e. The third kappa shape index (κ3) is 3.49. The Morgan fingerprint density at radius 1 is 1.42 bits per heavy atom. The van der Waals surface area contributed by atoms with Gasteiger partial charge in [-0.1, -0.05) is 25.5 Å². The number of hydrogen-bond donors (Lipinski definition) is 2. The number of benzene rings is 1. The Morgan fingerprint density at radius 2 is 2.26 bits per heavy atom. The number of furan rings is 1.